The van der Waals surface area contributed by atoms with Gasteiger partial charge in [-0.1, -0.05) is 24.3 Å². The van der Waals surface area contributed by atoms with Crippen molar-refractivity contribution in [2.75, 3.05) is 26.2 Å². The van der Waals surface area contributed by atoms with Crippen LogP contribution in [-0.4, -0.2) is 47.8 Å². The Labute approximate surface area is 234 Å². The molecule has 0 unspecified atom stereocenters. The molecule has 4 heterocycles. The first-order valence-corrected chi connectivity index (χ1v) is 12.3. The molecule has 0 atom stereocenters. The van der Waals surface area contributed by atoms with E-state index in [-0.39, 0.29) is 45.8 Å². The van der Waals surface area contributed by atoms with E-state index in [0.29, 0.717) is 13.1 Å². The van der Waals surface area contributed by atoms with Gasteiger partial charge in [0.05, 0.1) is 0 Å². The molecule has 3 aromatic rings. The fourth-order valence-electron chi connectivity index (χ4n) is 4.87. The van der Waals surface area contributed by atoms with Gasteiger partial charge < -0.3 is 43.8 Å². The molecule has 2 aliphatic heterocycles. The van der Waals surface area contributed by atoms with Crippen LogP contribution in [0.1, 0.15) is 57.5 Å². The number of hydrogen-bond acceptors (Lipinski definition) is 2. The first-order chi connectivity index (χ1) is 16.7. The van der Waals surface area contributed by atoms with Crippen molar-refractivity contribution in [1.29, 1.82) is 0 Å². The average Bonchev–Trinajstić information content (AvgIpc) is 3.60. The van der Waals surface area contributed by atoms with E-state index in [0.717, 1.165) is 63.0 Å². The molecule has 0 N–H and O–H groups in total. The predicted molar refractivity (Wildman–Crippen MR) is 128 cm³/mol. The minimum atomic E-state index is 0. The van der Waals surface area contributed by atoms with Gasteiger partial charge in [-0.15, -0.1) is 0 Å². The molecule has 0 spiro atoms. The number of nitrogens with zero attached hydrogens (tertiary/aromatic N) is 4. The van der Waals surface area contributed by atoms with Crippen molar-refractivity contribution in [3.05, 3.63) is 95.6 Å². The lowest BCUT2D eigenvalue weighted by Gasteiger charge is -2.14. The number of benzene rings is 1. The molecule has 2 aliphatic rings. The van der Waals surface area contributed by atoms with E-state index in [1.54, 1.807) is 0 Å². The largest absolute Gasteiger partial charge is 1.00 e. The Hall–Kier alpha value is -2.58. The van der Waals surface area contributed by atoms with Crippen molar-refractivity contribution in [2.24, 2.45) is 0 Å². The van der Waals surface area contributed by atoms with Crippen molar-refractivity contribution >= 4 is 11.8 Å². The molecule has 8 heteroatoms. The number of amides is 2. The van der Waals surface area contributed by atoms with Crippen molar-refractivity contribution in [3.63, 3.8) is 0 Å². The summed E-state index contributed by atoms with van der Waals surface area (Å²) in [6.07, 6.45) is 12.3. The summed E-state index contributed by atoms with van der Waals surface area (Å²) in [6, 6.07) is 16.2. The summed E-state index contributed by atoms with van der Waals surface area (Å²) in [6.45, 7) is 4.89. The summed E-state index contributed by atoms with van der Waals surface area (Å²) in [5, 5.41) is 0. The normalized spacial score (nSPS) is 14.8. The third-order valence-corrected chi connectivity index (χ3v) is 6.75. The SMILES string of the molecule is O=C(c1ccc[n+](Cc2ccc(C[n+]3cccc(C(=O)N4CCCC4)c3)cc2)c1)N1CCCC1.[Br-].[Br-]. The lowest BCUT2D eigenvalue weighted by molar-refractivity contribution is -0.689. The molecule has 2 fully saturated rings. The molecule has 5 rings (SSSR count). The van der Waals surface area contributed by atoms with Gasteiger partial charge in [0.2, 0.25) is 0 Å². The topological polar surface area (TPSA) is 48.4 Å². The summed E-state index contributed by atoms with van der Waals surface area (Å²) in [7, 11) is 0. The van der Waals surface area contributed by atoms with Gasteiger partial charge in [-0.25, -0.2) is 0 Å². The Morgan fingerprint density at radius 3 is 1.33 bits per heavy atom. The predicted octanol–water partition coefficient (Wildman–Crippen LogP) is -3.16. The Morgan fingerprint density at radius 1 is 0.611 bits per heavy atom. The zero-order chi connectivity index (χ0) is 23.3. The fraction of sp³-hybridized carbons (Fsp3) is 0.357. The smallest absolute Gasteiger partial charge is 0.259 e. The van der Waals surface area contributed by atoms with Crippen molar-refractivity contribution in [3.8, 4) is 0 Å². The van der Waals surface area contributed by atoms with E-state index in [2.05, 4.69) is 33.4 Å². The van der Waals surface area contributed by atoms with Crippen LogP contribution in [0, 0.1) is 0 Å². The molecule has 0 radical (unpaired) electrons. The van der Waals surface area contributed by atoms with Crippen LogP contribution < -0.4 is 43.1 Å². The lowest BCUT2D eigenvalue weighted by Crippen LogP contribution is -3.00. The molecular weight excluding hydrogens is 584 g/mol. The molecule has 2 aromatic heterocycles. The number of hydrogen-bond donors (Lipinski definition) is 0. The van der Waals surface area contributed by atoms with Crippen LogP contribution in [0.3, 0.4) is 0 Å². The Morgan fingerprint density at radius 2 is 0.972 bits per heavy atom. The fourth-order valence-corrected chi connectivity index (χ4v) is 4.87. The highest BCUT2D eigenvalue weighted by atomic mass is 79.9. The van der Waals surface area contributed by atoms with Crippen LogP contribution >= 0.6 is 0 Å². The van der Waals surface area contributed by atoms with Gasteiger partial charge in [-0.05, 0) is 37.8 Å². The second-order valence-electron chi connectivity index (χ2n) is 9.35. The number of aromatic nitrogens is 2. The van der Waals surface area contributed by atoms with Crippen LogP contribution in [0.4, 0.5) is 0 Å². The highest BCUT2D eigenvalue weighted by Gasteiger charge is 2.22. The highest BCUT2D eigenvalue weighted by molar-refractivity contribution is 5.94. The van der Waals surface area contributed by atoms with E-state index in [1.165, 1.54) is 11.1 Å². The van der Waals surface area contributed by atoms with Gasteiger partial charge in [0.1, 0.15) is 11.1 Å². The molecule has 36 heavy (non-hydrogen) atoms. The maximum atomic E-state index is 12.7. The van der Waals surface area contributed by atoms with E-state index in [1.807, 2.05) is 58.9 Å². The first-order valence-electron chi connectivity index (χ1n) is 12.3. The van der Waals surface area contributed by atoms with Gasteiger partial charge in [0, 0.05) is 49.4 Å². The number of likely N-dealkylation sites (tertiary alicyclic amines) is 2. The zero-order valence-corrected chi connectivity index (χ0v) is 23.5. The van der Waals surface area contributed by atoms with E-state index >= 15 is 0 Å². The van der Waals surface area contributed by atoms with Crippen LogP contribution in [-0.2, 0) is 13.1 Å². The van der Waals surface area contributed by atoms with Gasteiger partial charge in [-0.2, -0.15) is 9.13 Å². The van der Waals surface area contributed by atoms with Gasteiger partial charge >= 0.3 is 0 Å². The Balaban J connectivity index is 0.00000180. The second kappa shape index (κ2) is 13.1. The molecule has 6 nitrogen and oxygen atoms in total. The summed E-state index contributed by atoms with van der Waals surface area (Å²) in [5.41, 5.74) is 3.87. The number of halogens is 2. The van der Waals surface area contributed by atoms with Gasteiger partial charge in [0.15, 0.2) is 37.9 Å². The molecule has 0 saturated carbocycles. The minimum Gasteiger partial charge on any atom is -1.00 e. The molecule has 1 aromatic carbocycles. The maximum absolute atomic E-state index is 12.7. The van der Waals surface area contributed by atoms with Gasteiger partial charge in [0.25, 0.3) is 11.8 Å². The Bertz CT molecular complexity index is 1080. The van der Waals surface area contributed by atoms with E-state index < -0.39 is 0 Å². The van der Waals surface area contributed by atoms with Crippen LogP contribution in [0.5, 0.6) is 0 Å². The standard InChI is InChI=1S/C28H32N4O2.2BrH/c33-27(31-15-1-2-16-31)25-7-5-13-29(21-25)19-23-9-11-24(12-10-23)20-30-14-6-8-26(22-30)28(34)32-17-3-4-18-32;;/h5-14,21-22H,1-4,15-20H2;2*1H/q+2;;/p-2. The number of carbonyl (C=O) groups is 2. The molecule has 0 bridgehead atoms. The molecule has 2 amide bonds. The minimum absolute atomic E-state index is 0. The lowest BCUT2D eigenvalue weighted by atomic mass is 10.1. The van der Waals surface area contributed by atoms with Crippen LogP contribution in [0.25, 0.3) is 0 Å². The molecular formula is C28H32Br2N4O2. The molecule has 190 valence electrons. The first kappa shape index (κ1) is 28.0. The van der Waals surface area contributed by atoms with E-state index in [4.69, 9.17) is 0 Å². The third kappa shape index (κ3) is 6.79. The number of rotatable bonds is 6. The zero-order valence-electron chi connectivity index (χ0n) is 20.4. The summed E-state index contributed by atoms with van der Waals surface area (Å²) < 4.78 is 4.14. The van der Waals surface area contributed by atoms with Crippen LogP contribution in [0.2, 0.25) is 0 Å². The Kier molecular flexibility index (Phi) is 10.2. The van der Waals surface area contributed by atoms with Crippen LogP contribution in [0.15, 0.2) is 73.3 Å². The third-order valence-electron chi connectivity index (χ3n) is 6.75. The van der Waals surface area contributed by atoms with E-state index in [9.17, 15) is 9.59 Å². The maximum Gasteiger partial charge on any atom is 0.259 e. The van der Waals surface area contributed by atoms with Gasteiger partial charge in [-0.3, -0.25) is 9.59 Å². The second-order valence-corrected chi connectivity index (χ2v) is 9.35. The molecule has 2 saturated heterocycles. The monoisotopic (exact) mass is 614 g/mol. The quantitative estimate of drug-likeness (QED) is 0.275. The highest BCUT2D eigenvalue weighted by Crippen LogP contribution is 2.13. The summed E-state index contributed by atoms with van der Waals surface area (Å²) >= 11 is 0. The number of carbonyl (C=O) groups excluding carboxylic acids is 2. The van der Waals surface area contributed by atoms with Crippen molar-refractivity contribution in [2.45, 2.75) is 38.8 Å². The number of pyridine rings is 2. The summed E-state index contributed by atoms with van der Waals surface area (Å²) in [4.78, 5) is 29.3. The molecule has 0 aliphatic carbocycles. The van der Waals surface area contributed by atoms with Crippen molar-refractivity contribution < 1.29 is 52.7 Å². The average molecular weight is 616 g/mol. The summed E-state index contributed by atoms with van der Waals surface area (Å²) in [5.74, 6) is 0.259. The van der Waals surface area contributed by atoms with Crippen molar-refractivity contribution in [1.82, 2.24) is 9.80 Å².